The third-order valence-corrected chi connectivity index (χ3v) is 4.02. The van der Waals surface area contributed by atoms with Gasteiger partial charge in [-0.15, -0.1) is 0 Å². The highest BCUT2D eigenvalue weighted by Crippen LogP contribution is 2.26. The number of carbonyl (C=O) groups excluding carboxylic acids is 1. The molecule has 7 heteroatoms. The molecule has 1 aromatic heterocycles. The number of carboxylic acid groups (broad SMARTS) is 1. The van der Waals surface area contributed by atoms with Gasteiger partial charge in [0.25, 0.3) is 5.91 Å². The molecule has 0 aliphatic rings. The van der Waals surface area contributed by atoms with Crippen molar-refractivity contribution in [2.75, 3.05) is 7.11 Å². The molecule has 134 valence electrons. The van der Waals surface area contributed by atoms with Crippen molar-refractivity contribution in [1.29, 1.82) is 0 Å². The number of amides is 1. The van der Waals surface area contributed by atoms with Gasteiger partial charge in [0.05, 0.1) is 7.11 Å². The number of benzene rings is 2. The lowest BCUT2D eigenvalue weighted by atomic mass is 10.1. The van der Waals surface area contributed by atoms with E-state index in [0.29, 0.717) is 16.8 Å². The molecule has 1 amide bonds. The molecule has 1 atom stereocenters. The van der Waals surface area contributed by atoms with Crippen LogP contribution >= 0.6 is 0 Å². The normalized spacial score (nSPS) is 11.9. The van der Waals surface area contributed by atoms with Crippen molar-refractivity contribution in [2.45, 2.75) is 12.5 Å². The monoisotopic (exact) mass is 356 g/mol. The molecule has 0 aliphatic carbocycles. The number of hydrogen-bond acceptors (Lipinski definition) is 3. The first-order chi connectivity index (χ1) is 12.5. The second-order valence-electron chi connectivity index (χ2n) is 5.80. The van der Waals surface area contributed by atoms with Gasteiger partial charge in [-0.1, -0.05) is 18.2 Å². The molecule has 0 spiro atoms. The van der Waals surface area contributed by atoms with Crippen molar-refractivity contribution in [3.63, 3.8) is 0 Å². The lowest BCUT2D eigenvalue weighted by Gasteiger charge is -2.14. The Morgan fingerprint density at radius 2 is 2.00 bits per heavy atom. The van der Waals surface area contributed by atoms with Gasteiger partial charge in [0.1, 0.15) is 23.3 Å². The van der Waals surface area contributed by atoms with Gasteiger partial charge in [-0.05, 0) is 35.9 Å². The molecular weight excluding hydrogens is 339 g/mol. The van der Waals surface area contributed by atoms with Gasteiger partial charge in [-0.3, -0.25) is 4.79 Å². The lowest BCUT2D eigenvalue weighted by molar-refractivity contribution is -0.139. The summed E-state index contributed by atoms with van der Waals surface area (Å²) >= 11 is 0. The fourth-order valence-corrected chi connectivity index (χ4v) is 2.76. The van der Waals surface area contributed by atoms with Gasteiger partial charge in [-0.25, -0.2) is 9.18 Å². The van der Waals surface area contributed by atoms with Crippen LogP contribution in [0.4, 0.5) is 4.39 Å². The van der Waals surface area contributed by atoms with E-state index in [1.54, 1.807) is 30.3 Å². The molecule has 3 aromatic rings. The summed E-state index contributed by atoms with van der Waals surface area (Å²) < 4.78 is 18.5. The summed E-state index contributed by atoms with van der Waals surface area (Å²) in [6.07, 6.45) is -0.0254. The van der Waals surface area contributed by atoms with Gasteiger partial charge < -0.3 is 20.1 Å². The van der Waals surface area contributed by atoms with Crippen LogP contribution in [-0.2, 0) is 11.2 Å². The molecule has 3 N–H and O–H groups in total. The van der Waals surface area contributed by atoms with E-state index < -0.39 is 23.7 Å². The van der Waals surface area contributed by atoms with E-state index in [9.17, 15) is 19.1 Å². The number of aromatic nitrogens is 1. The summed E-state index contributed by atoms with van der Waals surface area (Å²) in [5.74, 6) is -1.61. The summed E-state index contributed by atoms with van der Waals surface area (Å²) in [6, 6.07) is 11.4. The number of aromatic amines is 1. The van der Waals surface area contributed by atoms with E-state index in [4.69, 9.17) is 4.74 Å². The molecule has 2 aromatic carbocycles. The topological polar surface area (TPSA) is 91.4 Å². The molecule has 6 nitrogen and oxygen atoms in total. The Hall–Kier alpha value is -3.35. The van der Waals surface area contributed by atoms with Crippen molar-refractivity contribution in [3.05, 3.63) is 65.6 Å². The summed E-state index contributed by atoms with van der Waals surface area (Å²) in [4.78, 5) is 26.9. The minimum absolute atomic E-state index is 0.0254. The van der Waals surface area contributed by atoms with Crippen LogP contribution in [0.15, 0.2) is 48.5 Å². The highest BCUT2D eigenvalue weighted by atomic mass is 19.1. The summed E-state index contributed by atoms with van der Waals surface area (Å²) in [5.41, 5.74) is 1.40. The quantitative estimate of drug-likeness (QED) is 0.633. The van der Waals surface area contributed by atoms with Crippen molar-refractivity contribution in [3.8, 4) is 5.75 Å². The number of halogens is 1. The van der Waals surface area contributed by atoms with Crippen LogP contribution in [0, 0.1) is 5.82 Å². The lowest BCUT2D eigenvalue weighted by Crippen LogP contribution is -2.42. The van der Waals surface area contributed by atoms with E-state index >= 15 is 0 Å². The predicted octanol–water partition coefficient (Wildman–Crippen LogP) is 2.74. The Labute approximate surface area is 148 Å². The largest absolute Gasteiger partial charge is 0.496 e. The maximum Gasteiger partial charge on any atom is 0.326 e. The first kappa shape index (κ1) is 17.5. The van der Waals surface area contributed by atoms with Crippen LogP contribution in [0.2, 0.25) is 0 Å². The Balaban J connectivity index is 1.81. The second-order valence-corrected chi connectivity index (χ2v) is 5.80. The number of rotatable bonds is 6. The second kappa shape index (κ2) is 7.26. The molecule has 1 unspecified atom stereocenters. The van der Waals surface area contributed by atoms with E-state index in [2.05, 4.69) is 10.3 Å². The number of H-pyrrole nitrogens is 1. The Morgan fingerprint density at radius 1 is 1.23 bits per heavy atom. The Morgan fingerprint density at radius 3 is 2.69 bits per heavy atom. The standard InChI is InChI=1S/C19H17FN2O4/c1-26-17-7-3-6-14-13(17)10-15(21-14)18(23)22-16(19(24)25)9-11-4-2-5-12(20)8-11/h2-8,10,16,21H,9H2,1H3,(H,22,23)(H,24,25). The number of fused-ring (bicyclic) bond motifs is 1. The van der Waals surface area contributed by atoms with Crippen LogP contribution in [0.1, 0.15) is 16.1 Å². The molecule has 0 aliphatic heterocycles. The number of ether oxygens (including phenoxy) is 1. The van der Waals surface area contributed by atoms with Crippen molar-refractivity contribution >= 4 is 22.8 Å². The number of carboxylic acids is 1. The van der Waals surface area contributed by atoms with Crippen LogP contribution in [-0.4, -0.2) is 35.1 Å². The molecule has 0 fully saturated rings. The summed E-state index contributed by atoms with van der Waals surface area (Å²) in [7, 11) is 1.53. The molecule has 1 heterocycles. The minimum atomic E-state index is -1.20. The van der Waals surface area contributed by atoms with Gasteiger partial charge in [-0.2, -0.15) is 0 Å². The van der Waals surface area contributed by atoms with E-state index in [1.165, 1.54) is 25.3 Å². The zero-order valence-electron chi connectivity index (χ0n) is 14.0. The molecule has 0 saturated heterocycles. The van der Waals surface area contributed by atoms with Crippen LogP contribution in [0.25, 0.3) is 10.9 Å². The summed E-state index contributed by atoms with van der Waals surface area (Å²) in [6.45, 7) is 0. The summed E-state index contributed by atoms with van der Waals surface area (Å²) in [5, 5.41) is 12.6. The number of carbonyl (C=O) groups is 2. The maximum absolute atomic E-state index is 13.3. The fourth-order valence-electron chi connectivity index (χ4n) is 2.76. The number of methoxy groups -OCH3 is 1. The van der Waals surface area contributed by atoms with Crippen molar-refractivity contribution in [2.24, 2.45) is 0 Å². The third-order valence-electron chi connectivity index (χ3n) is 4.02. The average Bonchev–Trinajstić information content (AvgIpc) is 3.05. The molecule has 0 bridgehead atoms. The molecule has 0 radical (unpaired) electrons. The number of nitrogens with one attached hydrogen (secondary N) is 2. The minimum Gasteiger partial charge on any atom is -0.496 e. The van der Waals surface area contributed by atoms with Gasteiger partial charge in [0.15, 0.2) is 0 Å². The molecule has 0 saturated carbocycles. The van der Waals surface area contributed by atoms with Crippen LogP contribution < -0.4 is 10.1 Å². The van der Waals surface area contributed by atoms with Crippen molar-refractivity contribution in [1.82, 2.24) is 10.3 Å². The molecular formula is C19H17FN2O4. The number of hydrogen-bond donors (Lipinski definition) is 3. The van der Waals surface area contributed by atoms with E-state index in [0.717, 1.165) is 5.39 Å². The maximum atomic E-state index is 13.3. The smallest absolute Gasteiger partial charge is 0.326 e. The van der Waals surface area contributed by atoms with E-state index in [1.807, 2.05) is 0 Å². The van der Waals surface area contributed by atoms with Crippen LogP contribution in [0.5, 0.6) is 5.75 Å². The third kappa shape index (κ3) is 3.66. The molecule has 26 heavy (non-hydrogen) atoms. The van der Waals surface area contributed by atoms with Crippen LogP contribution in [0.3, 0.4) is 0 Å². The SMILES string of the molecule is COc1cccc2[nH]c(C(=O)NC(Cc3cccc(F)c3)C(=O)O)cc12. The first-order valence-electron chi connectivity index (χ1n) is 7.92. The van der Waals surface area contributed by atoms with Gasteiger partial charge in [0, 0.05) is 17.3 Å². The zero-order chi connectivity index (χ0) is 18.7. The predicted molar refractivity (Wildman–Crippen MR) is 93.8 cm³/mol. The first-order valence-corrected chi connectivity index (χ1v) is 7.92. The van der Waals surface area contributed by atoms with Crippen molar-refractivity contribution < 1.29 is 23.8 Å². The van der Waals surface area contributed by atoms with Gasteiger partial charge >= 0.3 is 5.97 Å². The highest BCUT2D eigenvalue weighted by Gasteiger charge is 2.22. The molecule has 3 rings (SSSR count). The Bertz CT molecular complexity index is 967. The highest BCUT2D eigenvalue weighted by molar-refractivity contribution is 6.01. The zero-order valence-corrected chi connectivity index (χ0v) is 14.0. The van der Waals surface area contributed by atoms with E-state index in [-0.39, 0.29) is 12.1 Å². The number of aliphatic carboxylic acids is 1. The average molecular weight is 356 g/mol. The Kier molecular flexibility index (Phi) is 4.88. The fraction of sp³-hybridized carbons (Fsp3) is 0.158. The van der Waals surface area contributed by atoms with Gasteiger partial charge in [0.2, 0.25) is 0 Å².